The number of quaternary nitrogens is 1. The van der Waals surface area contributed by atoms with Gasteiger partial charge in [0.2, 0.25) is 0 Å². The van der Waals surface area contributed by atoms with Gasteiger partial charge in [-0.3, -0.25) is 0 Å². The summed E-state index contributed by atoms with van der Waals surface area (Å²) in [6, 6.07) is 0. The van der Waals surface area contributed by atoms with E-state index < -0.39 is 10.1 Å². The number of nitrogens with one attached hydrogen (secondary N) is 1. The summed E-state index contributed by atoms with van der Waals surface area (Å²) in [5.41, 5.74) is 0.0956. The zero-order valence-electron chi connectivity index (χ0n) is 11.6. The number of rotatable bonds is 7. The van der Waals surface area contributed by atoms with E-state index in [1.807, 2.05) is 14.1 Å². The second-order valence-corrected chi connectivity index (χ2v) is 7.70. The topological polar surface area (TPSA) is 69.2 Å². The van der Waals surface area contributed by atoms with Crippen LogP contribution >= 0.6 is 0 Å². The quantitative estimate of drug-likeness (QED) is 0.534. The number of hydrogen-bond donors (Lipinski definition) is 1. The monoisotopic (exact) mass is 266 g/mol. The van der Waals surface area contributed by atoms with E-state index in [1.165, 1.54) is 0 Å². The van der Waals surface area contributed by atoms with Crippen molar-refractivity contribution in [1.29, 1.82) is 0 Å². The molecule has 0 spiro atoms. The van der Waals surface area contributed by atoms with Crippen LogP contribution in [0.3, 0.4) is 0 Å². The molecule has 6 heteroatoms. The predicted octanol–water partition coefficient (Wildman–Crippen LogP) is 0.386. The van der Waals surface area contributed by atoms with Crippen molar-refractivity contribution in [2.45, 2.75) is 32.7 Å². The Morgan fingerprint density at radius 2 is 1.71 bits per heavy atom. The van der Waals surface area contributed by atoms with Crippen LogP contribution in [0.2, 0.25) is 0 Å². The van der Waals surface area contributed by atoms with Crippen molar-refractivity contribution in [1.82, 2.24) is 5.32 Å². The first-order valence-corrected chi connectivity index (χ1v) is 7.50. The Morgan fingerprint density at radius 1 is 1.18 bits per heavy atom. The highest BCUT2D eigenvalue weighted by atomic mass is 32.2. The zero-order valence-corrected chi connectivity index (χ0v) is 12.4. The maximum Gasteiger partial charge on any atom is 0.0948 e. The molecule has 0 aromatic rings. The van der Waals surface area contributed by atoms with Crippen molar-refractivity contribution in [3.05, 3.63) is 0 Å². The average molecular weight is 266 g/mol. The van der Waals surface area contributed by atoms with E-state index in [2.05, 4.69) is 26.1 Å². The first-order chi connectivity index (χ1) is 7.41. The molecule has 1 N–H and O–H groups in total. The van der Waals surface area contributed by atoms with E-state index in [0.717, 1.165) is 17.6 Å². The lowest BCUT2D eigenvalue weighted by molar-refractivity contribution is -0.889. The summed E-state index contributed by atoms with van der Waals surface area (Å²) in [6.45, 7) is 8.81. The smallest absolute Gasteiger partial charge is 0.0948 e. The van der Waals surface area contributed by atoms with Crippen LogP contribution in [0, 0.1) is 0 Å². The summed E-state index contributed by atoms with van der Waals surface area (Å²) in [5, 5.41) is 3.39. The molecule has 0 radical (unpaired) electrons. The Kier molecular flexibility index (Phi) is 6.07. The summed E-state index contributed by atoms with van der Waals surface area (Å²) in [5.74, 6) is -0.263. The highest BCUT2D eigenvalue weighted by Gasteiger charge is 2.16. The van der Waals surface area contributed by atoms with Gasteiger partial charge in [0.1, 0.15) is 0 Å². The molecule has 0 aliphatic heterocycles. The summed E-state index contributed by atoms with van der Waals surface area (Å²) < 4.78 is 32.2. The molecule has 0 atom stereocenters. The summed E-state index contributed by atoms with van der Waals surface area (Å²) in [7, 11) is 0.0209. The van der Waals surface area contributed by atoms with Gasteiger partial charge in [-0.25, -0.2) is 8.42 Å². The van der Waals surface area contributed by atoms with Gasteiger partial charge < -0.3 is 14.4 Å². The number of likely N-dealkylation sites (N-methyl/N-ethyl adjacent to an activating group) is 1. The van der Waals surface area contributed by atoms with Crippen molar-refractivity contribution >= 4 is 10.1 Å². The third-order valence-corrected chi connectivity index (χ3v) is 3.32. The number of hydrogen-bond acceptors (Lipinski definition) is 4. The zero-order chi connectivity index (χ0) is 13.7. The van der Waals surface area contributed by atoms with Crippen LogP contribution < -0.4 is 5.32 Å². The molecule has 0 rings (SSSR count). The highest BCUT2D eigenvalue weighted by molar-refractivity contribution is 7.85. The van der Waals surface area contributed by atoms with E-state index in [9.17, 15) is 13.0 Å². The third kappa shape index (κ3) is 12.1. The van der Waals surface area contributed by atoms with Crippen LogP contribution in [-0.4, -0.2) is 62.5 Å². The third-order valence-electron chi connectivity index (χ3n) is 2.53. The first kappa shape index (κ1) is 16.8. The summed E-state index contributed by atoms with van der Waals surface area (Å²) in [6.07, 6.45) is 0.425. The first-order valence-electron chi connectivity index (χ1n) is 5.92. The molecule has 0 aliphatic rings. The second kappa shape index (κ2) is 6.13. The maximum absolute atomic E-state index is 10.5. The number of nitrogens with zero attached hydrogens (tertiary/aromatic N) is 1. The lowest BCUT2D eigenvalue weighted by Crippen LogP contribution is -2.48. The van der Waals surface area contributed by atoms with Gasteiger partial charge in [-0.2, -0.15) is 0 Å². The standard InChI is InChI=1S/C11H26N2O3S/c1-11(2,3)12-7-9-13(4,5)8-6-10-17(14,15)16/h12H,6-10H2,1-5H3. The minimum Gasteiger partial charge on any atom is -0.748 e. The highest BCUT2D eigenvalue weighted by Crippen LogP contribution is 2.02. The van der Waals surface area contributed by atoms with E-state index in [1.54, 1.807) is 0 Å². The minimum absolute atomic E-state index is 0.0956. The molecule has 0 saturated carbocycles. The summed E-state index contributed by atoms with van der Waals surface area (Å²) in [4.78, 5) is 0. The lowest BCUT2D eigenvalue weighted by atomic mass is 10.1. The van der Waals surface area contributed by atoms with Gasteiger partial charge in [0, 0.05) is 24.3 Å². The van der Waals surface area contributed by atoms with Crippen LogP contribution in [0.1, 0.15) is 27.2 Å². The van der Waals surface area contributed by atoms with Gasteiger partial charge in [-0.05, 0) is 20.8 Å². The van der Waals surface area contributed by atoms with Gasteiger partial charge in [0.05, 0.1) is 37.3 Å². The largest absolute Gasteiger partial charge is 0.748 e. The minimum atomic E-state index is -4.07. The Balaban J connectivity index is 3.88. The van der Waals surface area contributed by atoms with Gasteiger partial charge in [-0.15, -0.1) is 0 Å². The summed E-state index contributed by atoms with van der Waals surface area (Å²) >= 11 is 0. The van der Waals surface area contributed by atoms with Crippen LogP contribution in [0.4, 0.5) is 0 Å². The molecule has 0 heterocycles. The molecule has 0 saturated heterocycles. The fourth-order valence-corrected chi connectivity index (χ4v) is 2.00. The van der Waals surface area contributed by atoms with Gasteiger partial charge >= 0.3 is 0 Å². The van der Waals surface area contributed by atoms with Crippen LogP contribution in [0.15, 0.2) is 0 Å². The SMILES string of the molecule is CC(C)(C)NCC[N+](C)(C)CCCS(=O)(=O)[O-]. The Labute approximate surface area is 106 Å². The molecule has 17 heavy (non-hydrogen) atoms. The Bertz CT molecular complexity index is 318. The second-order valence-electron chi connectivity index (χ2n) is 6.18. The molecular weight excluding hydrogens is 240 g/mol. The molecular formula is C11H26N2O3S. The van der Waals surface area contributed by atoms with Crippen molar-refractivity contribution < 1.29 is 17.5 Å². The normalized spacial score (nSPS) is 14.0. The lowest BCUT2D eigenvalue weighted by Gasteiger charge is -2.31. The van der Waals surface area contributed by atoms with Crippen LogP contribution in [0.5, 0.6) is 0 Å². The molecule has 0 aromatic carbocycles. The van der Waals surface area contributed by atoms with Crippen molar-refractivity contribution in [3.8, 4) is 0 Å². The average Bonchev–Trinajstić information content (AvgIpc) is 1.96. The molecule has 104 valence electrons. The van der Waals surface area contributed by atoms with Gasteiger partial charge in [0.15, 0.2) is 0 Å². The van der Waals surface area contributed by atoms with E-state index in [4.69, 9.17) is 0 Å². The van der Waals surface area contributed by atoms with Crippen molar-refractivity contribution in [3.63, 3.8) is 0 Å². The maximum atomic E-state index is 10.5. The molecule has 0 bridgehead atoms. The molecule has 0 unspecified atom stereocenters. The predicted molar refractivity (Wildman–Crippen MR) is 68.8 cm³/mol. The Morgan fingerprint density at radius 3 is 2.12 bits per heavy atom. The molecule has 5 nitrogen and oxygen atoms in total. The van der Waals surface area contributed by atoms with Gasteiger partial charge in [0.25, 0.3) is 0 Å². The van der Waals surface area contributed by atoms with Gasteiger partial charge in [-0.1, -0.05) is 0 Å². The van der Waals surface area contributed by atoms with E-state index in [-0.39, 0.29) is 11.3 Å². The van der Waals surface area contributed by atoms with Crippen LogP contribution in [-0.2, 0) is 10.1 Å². The molecule has 0 aromatic heterocycles. The fraction of sp³-hybridized carbons (Fsp3) is 1.00. The van der Waals surface area contributed by atoms with Crippen LogP contribution in [0.25, 0.3) is 0 Å². The van der Waals surface area contributed by atoms with Crippen molar-refractivity contribution in [2.24, 2.45) is 0 Å². The van der Waals surface area contributed by atoms with Crippen molar-refractivity contribution in [2.75, 3.05) is 39.5 Å². The molecule has 0 fully saturated rings. The van der Waals surface area contributed by atoms with E-state index in [0.29, 0.717) is 13.0 Å². The molecule has 0 amide bonds. The van der Waals surface area contributed by atoms with E-state index >= 15 is 0 Å². The Hall–Kier alpha value is -0.170. The fourth-order valence-electron chi connectivity index (χ4n) is 1.51. The molecule has 0 aliphatic carbocycles.